The van der Waals surface area contributed by atoms with Crippen LogP contribution in [0.5, 0.6) is 0 Å². The molecule has 2 nitrogen and oxygen atoms in total. The van der Waals surface area contributed by atoms with Gasteiger partial charge in [0.2, 0.25) is 0 Å². The van der Waals surface area contributed by atoms with Crippen LogP contribution in [0, 0.1) is 0 Å². The topological polar surface area (TPSA) is 32.6 Å². The lowest BCUT2D eigenvalue weighted by Gasteiger charge is -2.11. The molecule has 0 aliphatic heterocycles. The number of alkyl halides is 3. The molecule has 15 heavy (non-hydrogen) atoms. The van der Waals surface area contributed by atoms with Gasteiger partial charge in [-0.15, -0.1) is 0 Å². The standard InChI is InChI=1S/C10H10F3NO/c1-7(14-15)6-8-4-2-3-5-9(8)10(11,12)13/h2-5,15H,6H2,1H3. The lowest BCUT2D eigenvalue weighted by Crippen LogP contribution is -2.11. The summed E-state index contributed by atoms with van der Waals surface area (Å²) in [4.78, 5) is 0. The number of nitrogens with zero attached hydrogens (tertiary/aromatic N) is 1. The van der Waals surface area contributed by atoms with Crippen LogP contribution in [-0.4, -0.2) is 10.9 Å². The van der Waals surface area contributed by atoms with Gasteiger partial charge >= 0.3 is 6.18 Å². The largest absolute Gasteiger partial charge is 0.416 e. The molecule has 0 aromatic heterocycles. The average Bonchev–Trinajstić information content (AvgIpc) is 2.17. The molecule has 0 radical (unpaired) electrons. The van der Waals surface area contributed by atoms with E-state index in [-0.39, 0.29) is 17.7 Å². The summed E-state index contributed by atoms with van der Waals surface area (Å²) in [6.45, 7) is 1.47. The van der Waals surface area contributed by atoms with Crippen molar-refractivity contribution in [3.05, 3.63) is 35.4 Å². The Hall–Kier alpha value is -1.52. The number of hydrogen-bond acceptors (Lipinski definition) is 2. The highest BCUT2D eigenvalue weighted by atomic mass is 19.4. The fourth-order valence-corrected chi connectivity index (χ4v) is 1.26. The van der Waals surface area contributed by atoms with Crippen molar-refractivity contribution in [3.63, 3.8) is 0 Å². The smallest absolute Gasteiger partial charge is 0.411 e. The summed E-state index contributed by atoms with van der Waals surface area (Å²) in [5.41, 5.74) is -0.333. The molecule has 1 rings (SSSR count). The van der Waals surface area contributed by atoms with E-state index in [4.69, 9.17) is 5.21 Å². The van der Waals surface area contributed by atoms with Gasteiger partial charge in [-0.25, -0.2) is 0 Å². The second kappa shape index (κ2) is 4.33. The summed E-state index contributed by atoms with van der Waals surface area (Å²) in [6, 6.07) is 5.24. The van der Waals surface area contributed by atoms with E-state index in [9.17, 15) is 13.2 Å². The number of halogens is 3. The fourth-order valence-electron chi connectivity index (χ4n) is 1.26. The molecule has 0 unspecified atom stereocenters. The maximum Gasteiger partial charge on any atom is 0.416 e. The first-order chi connectivity index (χ1) is 6.95. The van der Waals surface area contributed by atoms with Gasteiger partial charge in [-0.05, 0) is 18.6 Å². The first kappa shape index (κ1) is 11.6. The molecule has 0 bridgehead atoms. The molecule has 1 N–H and O–H groups in total. The first-order valence-electron chi connectivity index (χ1n) is 4.28. The van der Waals surface area contributed by atoms with Crippen molar-refractivity contribution in [2.45, 2.75) is 19.5 Å². The Labute approximate surface area is 85.0 Å². The minimum atomic E-state index is -4.37. The number of benzene rings is 1. The second-order valence-electron chi connectivity index (χ2n) is 3.17. The SMILES string of the molecule is CC(Cc1ccccc1C(F)(F)F)=NO. The van der Waals surface area contributed by atoms with Gasteiger partial charge in [0.1, 0.15) is 0 Å². The van der Waals surface area contributed by atoms with Crippen LogP contribution < -0.4 is 0 Å². The van der Waals surface area contributed by atoms with Crippen LogP contribution in [0.15, 0.2) is 29.4 Å². The maximum absolute atomic E-state index is 12.5. The fraction of sp³-hybridized carbons (Fsp3) is 0.300. The van der Waals surface area contributed by atoms with E-state index >= 15 is 0 Å². The van der Waals surface area contributed by atoms with E-state index in [2.05, 4.69) is 5.16 Å². The summed E-state index contributed by atoms with van der Waals surface area (Å²) in [5, 5.41) is 11.3. The van der Waals surface area contributed by atoms with Crippen LogP contribution >= 0.6 is 0 Å². The van der Waals surface area contributed by atoms with Gasteiger partial charge in [-0.2, -0.15) is 13.2 Å². The lowest BCUT2D eigenvalue weighted by molar-refractivity contribution is -0.138. The monoisotopic (exact) mass is 217 g/mol. The molecule has 0 spiro atoms. The summed E-state index contributed by atoms with van der Waals surface area (Å²) in [7, 11) is 0. The van der Waals surface area contributed by atoms with Crippen LogP contribution in [0.25, 0.3) is 0 Å². The zero-order valence-electron chi connectivity index (χ0n) is 8.04. The molecule has 0 aliphatic carbocycles. The van der Waals surface area contributed by atoms with E-state index in [1.165, 1.54) is 25.1 Å². The van der Waals surface area contributed by atoms with Crippen molar-refractivity contribution < 1.29 is 18.4 Å². The maximum atomic E-state index is 12.5. The molecule has 0 amide bonds. The molecule has 82 valence electrons. The Bertz CT molecular complexity index is 371. The molecule has 1 aromatic rings. The van der Waals surface area contributed by atoms with Crippen LogP contribution in [0.4, 0.5) is 13.2 Å². The van der Waals surface area contributed by atoms with Crippen molar-refractivity contribution in [2.24, 2.45) is 5.16 Å². The molecule has 0 fully saturated rings. The third kappa shape index (κ3) is 2.97. The van der Waals surface area contributed by atoms with Gasteiger partial charge in [-0.1, -0.05) is 23.4 Å². The summed E-state index contributed by atoms with van der Waals surface area (Å²) in [5.74, 6) is 0. The van der Waals surface area contributed by atoms with E-state index in [1.54, 1.807) is 0 Å². The summed E-state index contributed by atoms with van der Waals surface area (Å²) in [6.07, 6.45) is -4.38. The molecule has 0 heterocycles. The zero-order valence-corrected chi connectivity index (χ0v) is 8.04. The Balaban J connectivity index is 3.08. The van der Waals surface area contributed by atoms with Crippen molar-refractivity contribution in [1.82, 2.24) is 0 Å². The van der Waals surface area contributed by atoms with E-state index in [0.29, 0.717) is 0 Å². The number of rotatable bonds is 2. The van der Waals surface area contributed by atoms with Gasteiger partial charge in [0, 0.05) is 6.42 Å². The van der Waals surface area contributed by atoms with Crippen LogP contribution in [0.1, 0.15) is 18.1 Å². The van der Waals surface area contributed by atoms with Crippen LogP contribution in [0.3, 0.4) is 0 Å². The molecular formula is C10H10F3NO. The summed E-state index contributed by atoms with van der Waals surface area (Å²) >= 11 is 0. The Morgan fingerprint density at radius 3 is 2.47 bits per heavy atom. The molecular weight excluding hydrogens is 207 g/mol. The Morgan fingerprint density at radius 2 is 1.93 bits per heavy atom. The third-order valence-electron chi connectivity index (χ3n) is 1.94. The molecule has 0 atom stereocenters. The molecule has 0 saturated carbocycles. The first-order valence-corrected chi connectivity index (χ1v) is 4.28. The zero-order chi connectivity index (χ0) is 11.5. The molecule has 1 aromatic carbocycles. The van der Waals surface area contributed by atoms with Crippen LogP contribution in [0.2, 0.25) is 0 Å². The predicted octanol–water partition coefficient (Wildman–Crippen LogP) is 3.10. The predicted molar refractivity (Wildman–Crippen MR) is 50.0 cm³/mol. The molecule has 0 aliphatic rings. The highest BCUT2D eigenvalue weighted by Gasteiger charge is 2.32. The van der Waals surface area contributed by atoms with Crippen molar-refractivity contribution in [3.8, 4) is 0 Å². The van der Waals surface area contributed by atoms with Crippen molar-refractivity contribution >= 4 is 5.71 Å². The van der Waals surface area contributed by atoms with E-state index < -0.39 is 11.7 Å². The van der Waals surface area contributed by atoms with Gasteiger partial charge in [-0.3, -0.25) is 0 Å². The van der Waals surface area contributed by atoms with Gasteiger partial charge in [0.15, 0.2) is 0 Å². The van der Waals surface area contributed by atoms with Crippen molar-refractivity contribution in [1.29, 1.82) is 0 Å². The average molecular weight is 217 g/mol. The quantitative estimate of drug-likeness (QED) is 0.461. The number of hydrogen-bond donors (Lipinski definition) is 1. The highest BCUT2D eigenvalue weighted by molar-refractivity contribution is 5.83. The molecule has 5 heteroatoms. The Kier molecular flexibility index (Phi) is 3.34. The third-order valence-corrected chi connectivity index (χ3v) is 1.94. The summed E-state index contributed by atoms with van der Waals surface area (Å²) < 4.78 is 37.5. The molecule has 0 saturated heterocycles. The minimum absolute atomic E-state index is 0.00775. The van der Waals surface area contributed by atoms with Crippen molar-refractivity contribution in [2.75, 3.05) is 0 Å². The van der Waals surface area contributed by atoms with E-state index in [1.807, 2.05) is 0 Å². The Morgan fingerprint density at radius 1 is 1.33 bits per heavy atom. The second-order valence-corrected chi connectivity index (χ2v) is 3.17. The minimum Gasteiger partial charge on any atom is -0.411 e. The van der Waals surface area contributed by atoms with Gasteiger partial charge in [0.05, 0.1) is 11.3 Å². The van der Waals surface area contributed by atoms with Gasteiger partial charge < -0.3 is 5.21 Å². The van der Waals surface area contributed by atoms with Gasteiger partial charge in [0.25, 0.3) is 0 Å². The van der Waals surface area contributed by atoms with Crippen LogP contribution in [-0.2, 0) is 12.6 Å². The van der Waals surface area contributed by atoms with E-state index in [0.717, 1.165) is 6.07 Å². The highest BCUT2D eigenvalue weighted by Crippen LogP contribution is 2.32. The lowest BCUT2D eigenvalue weighted by atomic mass is 10.0. The number of oxime groups is 1. The normalized spacial score (nSPS) is 12.9.